The van der Waals surface area contributed by atoms with Gasteiger partial charge < -0.3 is 14.6 Å². The second-order valence-corrected chi connectivity index (χ2v) is 6.69. The van der Waals surface area contributed by atoms with Crippen LogP contribution in [0.4, 0.5) is 5.69 Å². The van der Waals surface area contributed by atoms with Gasteiger partial charge in [-0.05, 0) is 36.6 Å². The van der Waals surface area contributed by atoms with Crippen LogP contribution in [0.5, 0.6) is 0 Å². The Hall–Kier alpha value is -2.63. The van der Waals surface area contributed by atoms with Gasteiger partial charge in [-0.2, -0.15) is 0 Å². The number of hydrogen-bond donors (Lipinski definition) is 1. The number of hydrogen-bond acceptors (Lipinski definition) is 4. The Bertz CT molecular complexity index is 764. The molecule has 2 amide bonds. The van der Waals surface area contributed by atoms with Crippen molar-refractivity contribution in [3.8, 4) is 11.3 Å². The number of anilines is 1. The average molecular weight is 341 g/mol. The molecule has 1 N–H and O–H groups in total. The number of amides is 2. The van der Waals surface area contributed by atoms with Crippen molar-refractivity contribution < 1.29 is 14.0 Å². The highest BCUT2D eigenvalue weighted by Crippen LogP contribution is 2.24. The molecular formula is C19H23N3O3. The Kier molecular flexibility index (Phi) is 4.88. The number of likely N-dealkylation sites (tertiary alicyclic amines) is 1. The third-order valence-electron chi connectivity index (χ3n) is 4.40. The van der Waals surface area contributed by atoms with Crippen molar-refractivity contribution in [3.05, 3.63) is 36.4 Å². The fourth-order valence-corrected chi connectivity index (χ4v) is 3.20. The Morgan fingerprint density at radius 3 is 2.52 bits per heavy atom. The van der Waals surface area contributed by atoms with Gasteiger partial charge in [0, 0.05) is 31.1 Å². The monoisotopic (exact) mass is 341 g/mol. The standard InChI is InChI=1S/C19H23N3O3/c1-12(2)18(22-10-4-5-17(22)23)19(24)21-15-8-6-14(7-9-15)16-11-20-13(3)25-16/h6-9,11-12,18H,4-5,10H2,1-3H3,(H,21,24). The van der Waals surface area contributed by atoms with E-state index in [0.29, 0.717) is 30.3 Å². The van der Waals surface area contributed by atoms with E-state index in [9.17, 15) is 9.59 Å². The van der Waals surface area contributed by atoms with Gasteiger partial charge in [0.2, 0.25) is 11.8 Å². The molecule has 0 bridgehead atoms. The van der Waals surface area contributed by atoms with E-state index >= 15 is 0 Å². The molecule has 3 rings (SSSR count). The summed E-state index contributed by atoms with van der Waals surface area (Å²) in [5.74, 6) is 1.28. The van der Waals surface area contributed by atoms with Crippen LogP contribution in [0.15, 0.2) is 34.9 Å². The molecule has 1 fully saturated rings. The lowest BCUT2D eigenvalue weighted by Gasteiger charge is -2.29. The number of carbonyl (C=O) groups excluding carboxylic acids is 2. The second-order valence-electron chi connectivity index (χ2n) is 6.69. The number of oxazole rings is 1. The molecule has 1 aliphatic rings. The maximum atomic E-state index is 12.7. The van der Waals surface area contributed by atoms with E-state index < -0.39 is 6.04 Å². The van der Waals surface area contributed by atoms with Gasteiger partial charge in [-0.3, -0.25) is 9.59 Å². The van der Waals surface area contributed by atoms with E-state index in [-0.39, 0.29) is 17.7 Å². The highest BCUT2D eigenvalue weighted by atomic mass is 16.4. The first-order valence-corrected chi connectivity index (χ1v) is 8.59. The number of aryl methyl sites for hydroxylation is 1. The minimum absolute atomic E-state index is 0.0542. The zero-order valence-corrected chi connectivity index (χ0v) is 14.8. The fraction of sp³-hybridized carbons (Fsp3) is 0.421. The molecule has 2 heterocycles. The summed E-state index contributed by atoms with van der Waals surface area (Å²) in [5, 5.41) is 2.93. The van der Waals surface area contributed by atoms with E-state index in [4.69, 9.17) is 4.42 Å². The van der Waals surface area contributed by atoms with Crippen LogP contribution in [-0.2, 0) is 9.59 Å². The SMILES string of the molecule is Cc1ncc(-c2ccc(NC(=O)C(C(C)C)N3CCCC3=O)cc2)o1. The summed E-state index contributed by atoms with van der Waals surface area (Å²) in [5.41, 5.74) is 1.59. The molecule has 2 aromatic rings. The molecule has 1 unspecified atom stereocenters. The predicted molar refractivity (Wildman–Crippen MR) is 94.9 cm³/mol. The molecule has 1 aliphatic heterocycles. The van der Waals surface area contributed by atoms with Crippen LogP contribution in [-0.4, -0.2) is 34.3 Å². The van der Waals surface area contributed by atoms with Gasteiger partial charge in [0.05, 0.1) is 6.20 Å². The minimum Gasteiger partial charge on any atom is -0.441 e. The summed E-state index contributed by atoms with van der Waals surface area (Å²) >= 11 is 0. The Balaban J connectivity index is 1.72. The van der Waals surface area contributed by atoms with Crippen molar-refractivity contribution in [2.24, 2.45) is 5.92 Å². The van der Waals surface area contributed by atoms with Gasteiger partial charge in [0.1, 0.15) is 6.04 Å². The summed E-state index contributed by atoms with van der Waals surface area (Å²) in [4.78, 5) is 30.5. The van der Waals surface area contributed by atoms with Crippen molar-refractivity contribution in [2.45, 2.75) is 39.7 Å². The molecule has 0 saturated carbocycles. The quantitative estimate of drug-likeness (QED) is 0.906. The first-order valence-electron chi connectivity index (χ1n) is 8.59. The highest BCUT2D eigenvalue weighted by molar-refractivity contribution is 5.97. The summed E-state index contributed by atoms with van der Waals surface area (Å²) in [6.45, 7) is 6.37. The maximum Gasteiger partial charge on any atom is 0.247 e. The minimum atomic E-state index is -0.438. The fourth-order valence-electron chi connectivity index (χ4n) is 3.20. The number of nitrogens with one attached hydrogen (secondary N) is 1. The zero-order chi connectivity index (χ0) is 18.0. The maximum absolute atomic E-state index is 12.7. The third-order valence-corrected chi connectivity index (χ3v) is 4.40. The van der Waals surface area contributed by atoms with Crippen LogP contribution in [0.1, 0.15) is 32.6 Å². The van der Waals surface area contributed by atoms with E-state index in [1.54, 1.807) is 18.0 Å². The van der Waals surface area contributed by atoms with Crippen molar-refractivity contribution in [2.75, 3.05) is 11.9 Å². The number of nitrogens with zero attached hydrogens (tertiary/aromatic N) is 2. The molecule has 25 heavy (non-hydrogen) atoms. The van der Waals surface area contributed by atoms with Crippen LogP contribution >= 0.6 is 0 Å². The first-order chi connectivity index (χ1) is 12.0. The predicted octanol–water partition coefficient (Wildman–Crippen LogP) is 3.24. The van der Waals surface area contributed by atoms with Crippen LogP contribution in [0, 0.1) is 12.8 Å². The number of rotatable bonds is 5. The molecule has 132 valence electrons. The summed E-state index contributed by atoms with van der Waals surface area (Å²) < 4.78 is 5.50. The van der Waals surface area contributed by atoms with Gasteiger partial charge in [-0.25, -0.2) is 4.98 Å². The average Bonchev–Trinajstić information content (AvgIpc) is 3.17. The van der Waals surface area contributed by atoms with Crippen molar-refractivity contribution in [1.82, 2.24) is 9.88 Å². The topological polar surface area (TPSA) is 75.4 Å². The molecule has 0 spiro atoms. The van der Waals surface area contributed by atoms with Gasteiger partial charge in [0.25, 0.3) is 0 Å². The molecule has 1 saturated heterocycles. The summed E-state index contributed by atoms with van der Waals surface area (Å²) in [7, 11) is 0. The number of aromatic nitrogens is 1. The van der Waals surface area contributed by atoms with Crippen LogP contribution in [0.2, 0.25) is 0 Å². The molecule has 6 heteroatoms. The van der Waals surface area contributed by atoms with Gasteiger partial charge in [0.15, 0.2) is 11.7 Å². The molecule has 1 aromatic carbocycles. The number of benzene rings is 1. The van der Waals surface area contributed by atoms with Crippen LogP contribution in [0.3, 0.4) is 0 Å². The summed E-state index contributed by atoms with van der Waals surface area (Å²) in [6.07, 6.45) is 3.03. The lowest BCUT2D eigenvalue weighted by atomic mass is 10.0. The van der Waals surface area contributed by atoms with E-state index in [1.807, 2.05) is 38.1 Å². The summed E-state index contributed by atoms with van der Waals surface area (Å²) in [6, 6.07) is 6.97. The van der Waals surface area contributed by atoms with E-state index in [1.165, 1.54) is 0 Å². The van der Waals surface area contributed by atoms with Gasteiger partial charge in [-0.1, -0.05) is 13.8 Å². The molecule has 1 aromatic heterocycles. The lowest BCUT2D eigenvalue weighted by Crippen LogP contribution is -2.47. The van der Waals surface area contributed by atoms with Crippen molar-refractivity contribution in [1.29, 1.82) is 0 Å². The van der Waals surface area contributed by atoms with Gasteiger partial charge in [-0.15, -0.1) is 0 Å². The van der Waals surface area contributed by atoms with Crippen LogP contribution < -0.4 is 5.32 Å². The smallest absolute Gasteiger partial charge is 0.247 e. The molecule has 0 radical (unpaired) electrons. The normalized spacial score (nSPS) is 15.7. The van der Waals surface area contributed by atoms with Crippen molar-refractivity contribution >= 4 is 17.5 Å². The largest absolute Gasteiger partial charge is 0.441 e. The Labute approximate surface area is 147 Å². The Morgan fingerprint density at radius 1 is 1.28 bits per heavy atom. The third kappa shape index (κ3) is 3.73. The Morgan fingerprint density at radius 2 is 2.00 bits per heavy atom. The highest BCUT2D eigenvalue weighted by Gasteiger charge is 2.34. The van der Waals surface area contributed by atoms with E-state index in [2.05, 4.69) is 10.3 Å². The van der Waals surface area contributed by atoms with Crippen LogP contribution in [0.25, 0.3) is 11.3 Å². The molecule has 1 atom stereocenters. The van der Waals surface area contributed by atoms with E-state index in [0.717, 1.165) is 12.0 Å². The van der Waals surface area contributed by atoms with Crippen molar-refractivity contribution in [3.63, 3.8) is 0 Å². The molecule has 6 nitrogen and oxygen atoms in total. The first kappa shape index (κ1) is 17.2. The number of carbonyl (C=O) groups is 2. The zero-order valence-electron chi connectivity index (χ0n) is 14.8. The molecule has 0 aliphatic carbocycles. The second kappa shape index (κ2) is 7.09. The molecular weight excluding hydrogens is 318 g/mol. The van der Waals surface area contributed by atoms with Gasteiger partial charge >= 0.3 is 0 Å². The lowest BCUT2D eigenvalue weighted by molar-refractivity contribution is -0.136.